The summed E-state index contributed by atoms with van der Waals surface area (Å²) in [5, 5.41) is 8.93. The molecule has 1 N–H and O–H groups in total. The van der Waals surface area contributed by atoms with Crippen molar-refractivity contribution in [3.05, 3.63) is 51.1 Å². The molecule has 0 radical (unpaired) electrons. The molecule has 20 heavy (non-hydrogen) atoms. The van der Waals surface area contributed by atoms with Crippen LogP contribution in [0.3, 0.4) is 0 Å². The Bertz CT molecular complexity index is 720. The lowest BCUT2D eigenvalue weighted by atomic mass is 10.3. The largest absolute Gasteiger partial charge is 0.481 e. The van der Waals surface area contributed by atoms with E-state index in [0.29, 0.717) is 10.2 Å². The fourth-order valence-electron chi connectivity index (χ4n) is 1.48. The van der Waals surface area contributed by atoms with Gasteiger partial charge in [0.2, 0.25) is 0 Å². The smallest absolute Gasteiger partial charge is 0.313 e. The second-order valence-electron chi connectivity index (χ2n) is 3.70. The maximum absolute atomic E-state index is 13.1. The van der Waals surface area contributed by atoms with E-state index in [1.165, 1.54) is 35.0 Å². The zero-order valence-electron chi connectivity index (χ0n) is 9.92. The first-order valence-corrected chi connectivity index (χ1v) is 7.15. The van der Waals surface area contributed by atoms with E-state index in [4.69, 9.17) is 5.11 Å². The summed E-state index contributed by atoms with van der Waals surface area (Å²) >= 11 is 4.14. The number of aliphatic carboxylic acids is 1. The summed E-state index contributed by atoms with van der Waals surface area (Å²) in [6, 6.07) is 5.31. The van der Waals surface area contributed by atoms with Gasteiger partial charge in [-0.05, 0) is 34.1 Å². The Kier molecular flexibility index (Phi) is 4.56. The summed E-state index contributed by atoms with van der Waals surface area (Å²) in [6.07, 6.45) is 1.47. The van der Waals surface area contributed by atoms with Crippen LogP contribution in [-0.4, -0.2) is 26.4 Å². The van der Waals surface area contributed by atoms with Crippen molar-refractivity contribution in [2.75, 3.05) is 5.75 Å². The summed E-state index contributed by atoms with van der Waals surface area (Å²) in [5.41, 5.74) is 0.0964. The Hall–Kier alpha value is -1.67. The molecule has 1 heterocycles. The lowest BCUT2D eigenvalue weighted by Crippen LogP contribution is -2.13. The highest BCUT2D eigenvalue weighted by Gasteiger charge is 2.11. The number of hydrogen-bond acceptors (Lipinski definition) is 4. The van der Waals surface area contributed by atoms with Crippen molar-refractivity contribution >= 4 is 33.7 Å². The van der Waals surface area contributed by atoms with Gasteiger partial charge in [-0.15, -0.1) is 0 Å². The van der Waals surface area contributed by atoms with Gasteiger partial charge in [-0.2, -0.15) is 4.98 Å². The summed E-state index contributed by atoms with van der Waals surface area (Å²) in [5.74, 6) is -1.65. The predicted octanol–water partition coefficient (Wildman–Crippen LogP) is 2.31. The molecule has 0 aliphatic rings. The first-order chi connectivity index (χ1) is 9.47. The molecular weight excluding hydrogens is 351 g/mol. The molecule has 1 aromatic carbocycles. The summed E-state index contributed by atoms with van der Waals surface area (Å²) in [7, 11) is 0. The summed E-state index contributed by atoms with van der Waals surface area (Å²) < 4.78 is 15.1. The van der Waals surface area contributed by atoms with E-state index in [0.717, 1.165) is 11.8 Å². The van der Waals surface area contributed by atoms with Gasteiger partial charge in [0.1, 0.15) is 5.82 Å². The number of halogens is 2. The van der Waals surface area contributed by atoms with Crippen LogP contribution in [0.4, 0.5) is 4.39 Å². The van der Waals surface area contributed by atoms with Crippen molar-refractivity contribution in [3.63, 3.8) is 0 Å². The Labute approximate surface area is 125 Å². The molecule has 5 nitrogen and oxygen atoms in total. The van der Waals surface area contributed by atoms with Gasteiger partial charge in [-0.1, -0.05) is 11.8 Å². The lowest BCUT2D eigenvalue weighted by molar-refractivity contribution is -0.133. The zero-order valence-corrected chi connectivity index (χ0v) is 12.3. The van der Waals surface area contributed by atoms with Crippen molar-refractivity contribution in [1.29, 1.82) is 0 Å². The second kappa shape index (κ2) is 6.19. The fraction of sp³-hybridized carbons (Fsp3) is 0.0833. The average molecular weight is 359 g/mol. The van der Waals surface area contributed by atoms with Gasteiger partial charge in [0.25, 0.3) is 5.56 Å². The van der Waals surface area contributed by atoms with Crippen LogP contribution in [0.1, 0.15) is 0 Å². The van der Waals surface area contributed by atoms with Crippen molar-refractivity contribution in [1.82, 2.24) is 9.55 Å². The topological polar surface area (TPSA) is 72.2 Å². The normalized spacial score (nSPS) is 10.5. The number of hydrogen-bond donors (Lipinski definition) is 1. The van der Waals surface area contributed by atoms with E-state index >= 15 is 0 Å². The molecule has 0 saturated heterocycles. The highest BCUT2D eigenvalue weighted by atomic mass is 79.9. The molecule has 0 aliphatic carbocycles. The third-order valence-electron chi connectivity index (χ3n) is 2.27. The van der Waals surface area contributed by atoms with Gasteiger partial charge in [-0.3, -0.25) is 14.2 Å². The number of rotatable bonds is 4. The van der Waals surface area contributed by atoms with Gasteiger partial charge >= 0.3 is 5.97 Å². The molecule has 0 unspecified atom stereocenters. The number of thioether (sulfide) groups is 1. The number of carbonyl (C=O) groups is 1. The summed E-state index contributed by atoms with van der Waals surface area (Å²) in [6.45, 7) is 0. The van der Waals surface area contributed by atoms with Crippen molar-refractivity contribution < 1.29 is 14.3 Å². The number of carboxylic acids is 1. The Morgan fingerprint density at radius 1 is 1.45 bits per heavy atom. The number of carboxylic acid groups (broad SMARTS) is 1. The average Bonchev–Trinajstić information content (AvgIpc) is 2.37. The molecule has 1 aromatic heterocycles. The standard InChI is InChI=1S/C12H8BrFN2O3S/c13-8-5-7(14)1-2-9(8)16-4-3-10(17)15-12(16)20-6-11(18)19/h1-5H,6H2,(H,18,19). The molecule has 0 saturated carbocycles. The minimum Gasteiger partial charge on any atom is -0.481 e. The first kappa shape index (κ1) is 14.7. The van der Waals surface area contributed by atoms with Crippen LogP contribution in [0.5, 0.6) is 0 Å². The van der Waals surface area contributed by atoms with Gasteiger partial charge in [0.05, 0.1) is 11.4 Å². The molecule has 2 rings (SSSR count). The lowest BCUT2D eigenvalue weighted by Gasteiger charge is -2.12. The van der Waals surface area contributed by atoms with E-state index in [-0.39, 0.29) is 10.9 Å². The minimum absolute atomic E-state index is 0.227. The predicted molar refractivity (Wildman–Crippen MR) is 75.9 cm³/mol. The first-order valence-electron chi connectivity index (χ1n) is 5.37. The van der Waals surface area contributed by atoms with E-state index < -0.39 is 17.3 Å². The minimum atomic E-state index is -1.02. The van der Waals surface area contributed by atoms with Crippen molar-refractivity contribution in [2.24, 2.45) is 0 Å². The third kappa shape index (κ3) is 3.45. The highest BCUT2D eigenvalue weighted by Crippen LogP contribution is 2.25. The third-order valence-corrected chi connectivity index (χ3v) is 3.84. The number of benzene rings is 1. The Morgan fingerprint density at radius 3 is 2.85 bits per heavy atom. The van der Waals surface area contributed by atoms with Crippen molar-refractivity contribution in [3.8, 4) is 5.69 Å². The van der Waals surface area contributed by atoms with Crippen LogP contribution < -0.4 is 5.56 Å². The van der Waals surface area contributed by atoms with E-state index in [2.05, 4.69) is 20.9 Å². The van der Waals surface area contributed by atoms with Gasteiger partial charge in [0.15, 0.2) is 5.16 Å². The maximum atomic E-state index is 13.1. The molecule has 0 spiro atoms. The van der Waals surface area contributed by atoms with Gasteiger partial charge in [0, 0.05) is 16.7 Å². The number of nitrogens with zero attached hydrogens (tertiary/aromatic N) is 2. The zero-order chi connectivity index (χ0) is 14.7. The molecule has 0 amide bonds. The monoisotopic (exact) mass is 358 g/mol. The van der Waals surface area contributed by atoms with Gasteiger partial charge < -0.3 is 5.11 Å². The highest BCUT2D eigenvalue weighted by molar-refractivity contribution is 9.10. The molecule has 8 heteroatoms. The Balaban J connectivity index is 2.49. The SMILES string of the molecule is O=C(O)CSc1nc(=O)ccn1-c1ccc(F)cc1Br. The molecule has 0 atom stereocenters. The van der Waals surface area contributed by atoms with E-state index in [9.17, 15) is 14.0 Å². The van der Waals surface area contributed by atoms with Crippen LogP contribution in [0, 0.1) is 5.82 Å². The van der Waals surface area contributed by atoms with Gasteiger partial charge in [-0.25, -0.2) is 4.39 Å². The molecule has 2 aromatic rings. The quantitative estimate of drug-likeness (QED) is 0.670. The number of aromatic nitrogens is 2. The Morgan fingerprint density at radius 2 is 2.20 bits per heavy atom. The molecule has 0 fully saturated rings. The second-order valence-corrected chi connectivity index (χ2v) is 5.49. The maximum Gasteiger partial charge on any atom is 0.313 e. The van der Waals surface area contributed by atoms with Crippen LogP contribution >= 0.6 is 27.7 Å². The molecule has 0 bridgehead atoms. The summed E-state index contributed by atoms with van der Waals surface area (Å²) in [4.78, 5) is 25.7. The van der Waals surface area contributed by atoms with E-state index in [1.807, 2.05) is 0 Å². The van der Waals surface area contributed by atoms with E-state index in [1.54, 1.807) is 0 Å². The van der Waals surface area contributed by atoms with Crippen LogP contribution in [0.25, 0.3) is 5.69 Å². The fourth-order valence-corrected chi connectivity index (χ4v) is 2.72. The van der Waals surface area contributed by atoms with Crippen LogP contribution in [0.15, 0.2) is 44.9 Å². The van der Waals surface area contributed by atoms with Crippen LogP contribution in [0.2, 0.25) is 0 Å². The van der Waals surface area contributed by atoms with Crippen molar-refractivity contribution in [2.45, 2.75) is 5.16 Å². The molecule has 0 aliphatic heterocycles. The molecular formula is C12H8BrFN2O3S. The molecule has 104 valence electrons. The van der Waals surface area contributed by atoms with Crippen LogP contribution in [-0.2, 0) is 4.79 Å².